The van der Waals surface area contributed by atoms with Gasteiger partial charge in [0, 0.05) is 19.6 Å². The molecule has 148 valence electrons. The lowest BCUT2D eigenvalue weighted by Crippen LogP contribution is -2.44. The van der Waals surface area contributed by atoms with Crippen molar-refractivity contribution in [2.24, 2.45) is 5.92 Å². The van der Waals surface area contributed by atoms with Crippen LogP contribution >= 0.6 is 0 Å². The second kappa shape index (κ2) is 9.09. The summed E-state index contributed by atoms with van der Waals surface area (Å²) < 4.78 is 44.8. The zero-order chi connectivity index (χ0) is 20.0. The lowest BCUT2D eigenvalue weighted by atomic mass is 10.00. The van der Waals surface area contributed by atoms with Gasteiger partial charge in [-0.3, -0.25) is 9.59 Å². The Kier molecular flexibility index (Phi) is 7.09. The molecule has 1 amide bonds. The van der Waals surface area contributed by atoms with E-state index < -0.39 is 39.7 Å². The fourth-order valence-electron chi connectivity index (χ4n) is 2.75. The Morgan fingerprint density at radius 2 is 2.07 bits per heavy atom. The minimum Gasteiger partial charge on any atom is -0.452 e. The highest BCUT2D eigenvalue weighted by molar-refractivity contribution is 7.89. The number of sulfonamides is 1. The van der Waals surface area contributed by atoms with Gasteiger partial charge in [-0.25, -0.2) is 12.8 Å². The van der Waals surface area contributed by atoms with Crippen molar-refractivity contribution in [3.05, 3.63) is 42.7 Å². The van der Waals surface area contributed by atoms with Crippen molar-refractivity contribution >= 4 is 21.9 Å². The summed E-state index contributed by atoms with van der Waals surface area (Å²) >= 11 is 0. The number of esters is 1. The maximum atomic E-state index is 13.0. The number of hydrogen-bond donors (Lipinski definition) is 1. The van der Waals surface area contributed by atoms with E-state index in [0.717, 1.165) is 12.1 Å². The third kappa shape index (κ3) is 5.36. The molecule has 1 aliphatic heterocycles. The van der Waals surface area contributed by atoms with Crippen molar-refractivity contribution in [3.8, 4) is 0 Å². The van der Waals surface area contributed by atoms with Crippen molar-refractivity contribution < 1.29 is 27.1 Å². The molecule has 9 heteroatoms. The summed E-state index contributed by atoms with van der Waals surface area (Å²) in [4.78, 5) is 24.1. The van der Waals surface area contributed by atoms with Gasteiger partial charge >= 0.3 is 5.97 Å². The first kappa shape index (κ1) is 21.0. The van der Waals surface area contributed by atoms with Crippen molar-refractivity contribution in [1.82, 2.24) is 9.62 Å². The predicted molar refractivity (Wildman–Crippen MR) is 96.6 cm³/mol. The van der Waals surface area contributed by atoms with Crippen molar-refractivity contribution in [2.75, 3.05) is 19.6 Å². The summed E-state index contributed by atoms with van der Waals surface area (Å²) in [6.45, 7) is 5.41. The molecule has 0 radical (unpaired) electrons. The standard InChI is InChI=1S/C18H23FN2O5S/c1-3-10-20-17(22)13(2)26-18(23)14-5-4-11-21(12-14)27(24,25)16-8-6-15(19)7-9-16/h3,6-9,13-14H,1,4-5,10-12H2,2H3,(H,20,22). The third-order valence-corrected chi connectivity index (χ3v) is 6.13. The Labute approximate surface area is 158 Å². The number of nitrogens with zero attached hydrogens (tertiary/aromatic N) is 1. The van der Waals surface area contributed by atoms with Crippen molar-refractivity contribution in [2.45, 2.75) is 30.8 Å². The number of nitrogens with one attached hydrogen (secondary N) is 1. The van der Waals surface area contributed by atoms with E-state index in [-0.39, 0.29) is 24.5 Å². The Morgan fingerprint density at radius 3 is 2.70 bits per heavy atom. The van der Waals surface area contributed by atoms with Crippen LogP contribution in [0.2, 0.25) is 0 Å². The lowest BCUT2D eigenvalue weighted by Gasteiger charge is -2.31. The molecule has 0 bridgehead atoms. The molecule has 1 fully saturated rings. The topological polar surface area (TPSA) is 92.8 Å². The van der Waals surface area contributed by atoms with E-state index in [9.17, 15) is 22.4 Å². The lowest BCUT2D eigenvalue weighted by molar-refractivity contribution is -0.159. The fourth-order valence-corrected chi connectivity index (χ4v) is 4.27. The van der Waals surface area contributed by atoms with Crippen molar-refractivity contribution in [1.29, 1.82) is 0 Å². The van der Waals surface area contributed by atoms with Gasteiger partial charge in [-0.15, -0.1) is 6.58 Å². The van der Waals surface area contributed by atoms with Crippen LogP contribution in [0, 0.1) is 11.7 Å². The molecule has 0 spiro atoms. The molecule has 27 heavy (non-hydrogen) atoms. The first-order valence-corrected chi connectivity index (χ1v) is 10.0. The molecule has 1 aromatic rings. The fraction of sp³-hybridized carbons (Fsp3) is 0.444. The van der Waals surface area contributed by atoms with Gasteiger partial charge in [-0.2, -0.15) is 4.31 Å². The Balaban J connectivity index is 2.02. The van der Waals surface area contributed by atoms with E-state index in [1.54, 1.807) is 0 Å². The summed E-state index contributed by atoms with van der Waals surface area (Å²) in [6.07, 6.45) is 1.47. The van der Waals surface area contributed by atoms with Crippen LogP contribution in [0.3, 0.4) is 0 Å². The van der Waals surface area contributed by atoms with E-state index >= 15 is 0 Å². The number of hydrogen-bond acceptors (Lipinski definition) is 5. The van der Waals surface area contributed by atoms with Gasteiger partial charge in [0.05, 0.1) is 10.8 Å². The Bertz CT molecular complexity index is 794. The summed E-state index contributed by atoms with van der Waals surface area (Å²) in [7, 11) is -3.83. The van der Waals surface area contributed by atoms with E-state index in [4.69, 9.17) is 4.74 Å². The van der Waals surface area contributed by atoms with Gasteiger partial charge < -0.3 is 10.1 Å². The van der Waals surface area contributed by atoms with Gasteiger partial charge in [-0.1, -0.05) is 6.08 Å². The smallest absolute Gasteiger partial charge is 0.311 e. The van der Waals surface area contributed by atoms with E-state index in [2.05, 4.69) is 11.9 Å². The zero-order valence-corrected chi connectivity index (χ0v) is 15.9. The van der Waals surface area contributed by atoms with Gasteiger partial charge in [0.2, 0.25) is 10.0 Å². The van der Waals surface area contributed by atoms with Crippen molar-refractivity contribution in [3.63, 3.8) is 0 Å². The van der Waals surface area contributed by atoms with Gasteiger partial charge in [-0.05, 0) is 44.0 Å². The van der Waals surface area contributed by atoms with Crippen LogP contribution < -0.4 is 5.32 Å². The molecular formula is C18H23FN2O5S. The van der Waals surface area contributed by atoms with Crippen LogP contribution in [-0.2, 0) is 24.3 Å². The average Bonchev–Trinajstić information content (AvgIpc) is 2.66. The van der Waals surface area contributed by atoms with Gasteiger partial charge in [0.15, 0.2) is 6.10 Å². The molecule has 1 aliphatic rings. The molecule has 1 N–H and O–H groups in total. The molecule has 2 rings (SSSR count). The maximum Gasteiger partial charge on any atom is 0.311 e. The van der Waals surface area contributed by atoms with Gasteiger partial charge in [0.25, 0.3) is 5.91 Å². The molecule has 1 aromatic carbocycles. The molecule has 1 heterocycles. The SMILES string of the molecule is C=CCNC(=O)C(C)OC(=O)C1CCCN(S(=O)(=O)c2ccc(F)cc2)C1. The number of amides is 1. The quantitative estimate of drug-likeness (QED) is 0.555. The maximum absolute atomic E-state index is 13.0. The second-order valence-corrected chi connectivity index (χ2v) is 8.21. The minimum absolute atomic E-state index is 0.0323. The molecular weight excluding hydrogens is 375 g/mol. The van der Waals surface area contributed by atoms with Crippen LogP contribution in [-0.4, -0.2) is 50.3 Å². The summed E-state index contributed by atoms with van der Waals surface area (Å²) in [5, 5.41) is 2.53. The molecule has 0 saturated carbocycles. The summed E-state index contributed by atoms with van der Waals surface area (Å²) in [5.41, 5.74) is 0. The van der Waals surface area contributed by atoms with Crippen LogP contribution in [0.1, 0.15) is 19.8 Å². The van der Waals surface area contributed by atoms with Crippen LogP contribution in [0.15, 0.2) is 41.8 Å². The number of benzene rings is 1. The minimum atomic E-state index is -3.83. The van der Waals surface area contributed by atoms with E-state index in [0.29, 0.717) is 12.8 Å². The molecule has 0 aliphatic carbocycles. The number of halogens is 1. The van der Waals surface area contributed by atoms with Crippen LogP contribution in [0.5, 0.6) is 0 Å². The van der Waals surface area contributed by atoms with E-state index in [1.807, 2.05) is 0 Å². The predicted octanol–water partition coefficient (Wildman–Crippen LogP) is 1.46. The summed E-state index contributed by atoms with van der Waals surface area (Å²) in [6, 6.07) is 4.54. The number of ether oxygens (including phenoxy) is 1. The summed E-state index contributed by atoms with van der Waals surface area (Å²) in [5.74, 6) is -2.26. The monoisotopic (exact) mass is 398 g/mol. The second-order valence-electron chi connectivity index (χ2n) is 6.27. The first-order valence-electron chi connectivity index (χ1n) is 8.60. The Hall–Kier alpha value is -2.26. The number of carbonyl (C=O) groups excluding carboxylic acids is 2. The van der Waals surface area contributed by atoms with Crippen LogP contribution in [0.4, 0.5) is 4.39 Å². The average molecular weight is 398 g/mol. The van der Waals surface area contributed by atoms with Gasteiger partial charge in [0.1, 0.15) is 5.82 Å². The normalized spacial score (nSPS) is 19.1. The molecule has 0 aromatic heterocycles. The van der Waals surface area contributed by atoms with Crippen LogP contribution in [0.25, 0.3) is 0 Å². The highest BCUT2D eigenvalue weighted by Crippen LogP contribution is 2.25. The number of piperidine rings is 1. The molecule has 1 saturated heterocycles. The number of carbonyl (C=O) groups is 2. The molecule has 2 unspecified atom stereocenters. The Morgan fingerprint density at radius 1 is 1.41 bits per heavy atom. The highest BCUT2D eigenvalue weighted by atomic mass is 32.2. The first-order chi connectivity index (χ1) is 12.8. The third-order valence-electron chi connectivity index (χ3n) is 4.25. The largest absolute Gasteiger partial charge is 0.452 e. The zero-order valence-electron chi connectivity index (χ0n) is 15.1. The number of rotatable bonds is 7. The molecule has 2 atom stereocenters. The highest BCUT2D eigenvalue weighted by Gasteiger charge is 2.35. The van der Waals surface area contributed by atoms with E-state index in [1.165, 1.54) is 29.4 Å². The molecule has 7 nitrogen and oxygen atoms in total.